The van der Waals surface area contributed by atoms with Gasteiger partial charge in [-0.15, -0.1) is 11.3 Å². The molecule has 0 bridgehead atoms. The molecule has 0 amide bonds. The van der Waals surface area contributed by atoms with Gasteiger partial charge in [-0.2, -0.15) is 0 Å². The number of likely N-dealkylation sites (tertiary alicyclic amines) is 1. The lowest BCUT2D eigenvalue weighted by Gasteiger charge is -2.31. The van der Waals surface area contributed by atoms with Crippen molar-refractivity contribution in [2.24, 2.45) is 11.7 Å². The lowest BCUT2D eigenvalue weighted by molar-refractivity contribution is 0.169. The number of hydrogen-bond acceptors (Lipinski definition) is 4. The molecule has 112 valence electrons. The molecule has 0 aliphatic carbocycles. The highest BCUT2D eigenvalue weighted by molar-refractivity contribution is 7.13. The molecular weight excluding hydrogens is 278 g/mol. The molecule has 2 heterocycles. The molecule has 2 aromatic rings. The summed E-state index contributed by atoms with van der Waals surface area (Å²) in [5.74, 6) is 0.661. The first-order valence-corrected chi connectivity index (χ1v) is 8.56. The van der Waals surface area contributed by atoms with E-state index in [0.29, 0.717) is 5.92 Å². The SMILES string of the molecule is Cc1ccc(-c2nc(CN3CCCC(CN)C3)cs2)cc1. The van der Waals surface area contributed by atoms with Crippen LogP contribution in [0.15, 0.2) is 29.6 Å². The molecule has 4 heteroatoms. The highest BCUT2D eigenvalue weighted by atomic mass is 32.1. The van der Waals surface area contributed by atoms with Crippen molar-refractivity contribution < 1.29 is 0 Å². The summed E-state index contributed by atoms with van der Waals surface area (Å²) in [6, 6.07) is 8.60. The van der Waals surface area contributed by atoms with Crippen molar-refractivity contribution in [2.75, 3.05) is 19.6 Å². The number of nitrogens with zero attached hydrogens (tertiary/aromatic N) is 2. The molecule has 1 aliphatic heterocycles. The quantitative estimate of drug-likeness (QED) is 0.942. The Labute approximate surface area is 130 Å². The molecule has 1 aromatic heterocycles. The Morgan fingerprint density at radius 1 is 1.33 bits per heavy atom. The van der Waals surface area contributed by atoms with E-state index in [1.807, 2.05) is 0 Å². The van der Waals surface area contributed by atoms with Crippen LogP contribution in [0.5, 0.6) is 0 Å². The van der Waals surface area contributed by atoms with E-state index in [2.05, 4.69) is 41.5 Å². The maximum atomic E-state index is 5.81. The number of nitrogens with two attached hydrogens (primary N) is 1. The maximum Gasteiger partial charge on any atom is 0.123 e. The summed E-state index contributed by atoms with van der Waals surface area (Å²) in [6.45, 7) is 6.17. The van der Waals surface area contributed by atoms with Gasteiger partial charge in [-0.05, 0) is 38.8 Å². The number of piperidine rings is 1. The minimum absolute atomic E-state index is 0.661. The largest absolute Gasteiger partial charge is 0.330 e. The van der Waals surface area contributed by atoms with Crippen LogP contribution in [0.3, 0.4) is 0 Å². The van der Waals surface area contributed by atoms with E-state index in [9.17, 15) is 0 Å². The van der Waals surface area contributed by atoms with Gasteiger partial charge in [0.1, 0.15) is 5.01 Å². The molecule has 1 fully saturated rings. The minimum atomic E-state index is 0.661. The molecule has 0 spiro atoms. The maximum absolute atomic E-state index is 5.81. The third-order valence-corrected chi connectivity index (χ3v) is 5.11. The van der Waals surface area contributed by atoms with Gasteiger partial charge in [0.15, 0.2) is 0 Å². The average Bonchev–Trinajstić information content (AvgIpc) is 2.96. The first-order chi connectivity index (χ1) is 10.2. The van der Waals surface area contributed by atoms with E-state index < -0.39 is 0 Å². The fourth-order valence-corrected chi connectivity index (χ4v) is 3.74. The molecule has 21 heavy (non-hydrogen) atoms. The molecule has 1 saturated heterocycles. The van der Waals surface area contributed by atoms with Crippen molar-refractivity contribution in [2.45, 2.75) is 26.3 Å². The van der Waals surface area contributed by atoms with Gasteiger partial charge in [0.05, 0.1) is 5.69 Å². The van der Waals surface area contributed by atoms with Crippen LogP contribution in [0.2, 0.25) is 0 Å². The van der Waals surface area contributed by atoms with Gasteiger partial charge in [-0.1, -0.05) is 29.8 Å². The summed E-state index contributed by atoms with van der Waals surface area (Å²) in [5, 5.41) is 3.32. The Hall–Kier alpha value is -1.23. The van der Waals surface area contributed by atoms with Crippen molar-refractivity contribution >= 4 is 11.3 Å². The Kier molecular flexibility index (Phi) is 4.68. The standard InChI is InChI=1S/C17H23N3S/c1-13-4-6-15(7-5-13)17-19-16(12-21-17)11-20-8-2-3-14(9-18)10-20/h4-7,12,14H,2-3,8-11,18H2,1H3. The fraction of sp³-hybridized carbons (Fsp3) is 0.471. The van der Waals surface area contributed by atoms with Gasteiger partial charge in [0, 0.05) is 24.0 Å². The Morgan fingerprint density at radius 2 is 2.14 bits per heavy atom. The van der Waals surface area contributed by atoms with Crippen molar-refractivity contribution in [1.82, 2.24) is 9.88 Å². The molecule has 1 atom stereocenters. The van der Waals surface area contributed by atoms with Gasteiger partial charge < -0.3 is 5.73 Å². The summed E-state index contributed by atoms with van der Waals surface area (Å²) in [4.78, 5) is 7.30. The summed E-state index contributed by atoms with van der Waals surface area (Å²) >= 11 is 1.74. The van der Waals surface area contributed by atoms with Crippen molar-refractivity contribution in [1.29, 1.82) is 0 Å². The zero-order chi connectivity index (χ0) is 14.7. The van der Waals surface area contributed by atoms with Crippen LogP contribution in [-0.4, -0.2) is 29.5 Å². The molecular formula is C17H23N3S. The molecule has 0 saturated carbocycles. The molecule has 1 aliphatic rings. The van der Waals surface area contributed by atoms with Crippen LogP contribution < -0.4 is 5.73 Å². The molecule has 1 unspecified atom stereocenters. The zero-order valence-corrected chi connectivity index (χ0v) is 13.4. The Morgan fingerprint density at radius 3 is 2.90 bits per heavy atom. The summed E-state index contributed by atoms with van der Waals surface area (Å²) in [7, 11) is 0. The van der Waals surface area contributed by atoms with Crippen LogP contribution in [0, 0.1) is 12.8 Å². The third-order valence-electron chi connectivity index (χ3n) is 4.17. The number of hydrogen-bond donors (Lipinski definition) is 1. The van der Waals surface area contributed by atoms with Crippen molar-refractivity contribution in [3.63, 3.8) is 0 Å². The van der Waals surface area contributed by atoms with Crippen LogP contribution in [-0.2, 0) is 6.54 Å². The first-order valence-electron chi connectivity index (χ1n) is 7.68. The summed E-state index contributed by atoms with van der Waals surface area (Å²) in [6.07, 6.45) is 2.54. The van der Waals surface area contributed by atoms with E-state index >= 15 is 0 Å². The minimum Gasteiger partial charge on any atom is -0.330 e. The second-order valence-electron chi connectivity index (χ2n) is 5.99. The second kappa shape index (κ2) is 6.69. The van der Waals surface area contributed by atoms with Gasteiger partial charge in [-0.3, -0.25) is 4.90 Å². The first kappa shape index (κ1) is 14.7. The van der Waals surface area contributed by atoms with Gasteiger partial charge in [-0.25, -0.2) is 4.98 Å². The van der Waals surface area contributed by atoms with Gasteiger partial charge in [0.25, 0.3) is 0 Å². The number of aryl methyl sites for hydroxylation is 1. The van der Waals surface area contributed by atoms with E-state index in [-0.39, 0.29) is 0 Å². The molecule has 1 aromatic carbocycles. The molecule has 3 rings (SSSR count). The third kappa shape index (κ3) is 3.70. The smallest absolute Gasteiger partial charge is 0.123 e. The van der Waals surface area contributed by atoms with Crippen LogP contribution in [0.1, 0.15) is 24.1 Å². The fourth-order valence-electron chi connectivity index (χ4n) is 2.92. The van der Waals surface area contributed by atoms with Crippen LogP contribution >= 0.6 is 11.3 Å². The van der Waals surface area contributed by atoms with Crippen molar-refractivity contribution in [3.8, 4) is 10.6 Å². The highest BCUT2D eigenvalue weighted by Gasteiger charge is 2.19. The van der Waals surface area contributed by atoms with E-state index in [4.69, 9.17) is 10.7 Å². The highest BCUT2D eigenvalue weighted by Crippen LogP contribution is 2.25. The van der Waals surface area contributed by atoms with E-state index in [0.717, 1.165) is 24.6 Å². The molecule has 3 nitrogen and oxygen atoms in total. The average molecular weight is 301 g/mol. The Bertz CT molecular complexity index is 576. The lowest BCUT2D eigenvalue weighted by Crippen LogP contribution is -2.37. The number of rotatable bonds is 4. The van der Waals surface area contributed by atoms with E-state index in [1.165, 1.54) is 36.2 Å². The normalized spacial score (nSPS) is 19.8. The van der Waals surface area contributed by atoms with Crippen LogP contribution in [0.25, 0.3) is 10.6 Å². The molecule has 0 radical (unpaired) electrons. The number of thiazole rings is 1. The number of aromatic nitrogens is 1. The number of benzene rings is 1. The van der Waals surface area contributed by atoms with Crippen LogP contribution in [0.4, 0.5) is 0 Å². The zero-order valence-electron chi connectivity index (χ0n) is 12.6. The second-order valence-corrected chi connectivity index (χ2v) is 6.85. The predicted molar refractivity (Wildman–Crippen MR) is 89.3 cm³/mol. The topological polar surface area (TPSA) is 42.2 Å². The van der Waals surface area contributed by atoms with Crippen molar-refractivity contribution in [3.05, 3.63) is 40.9 Å². The predicted octanol–water partition coefficient (Wildman–Crippen LogP) is 3.29. The monoisotopic (exact) mass is 301 g/mol. The molecule has 2 N–H and O–H groups in total. The van der Waals surface area contributed by atoms with Gasteiger partial charge in [0.2, 0.25) is 0 Å². The van der Waals surface area contributed by atoms with E-state index in [1.54, 1.807) is 11.3 Å². The summed E-state index contributed by atoms with van der Waals surface area (Å²) in [5.41, 5.74) is 9.51. The van der Waals surface area contributed by atoms with Gasteiger partial charge >= 0.3 is 0 Å². The Balaban J connectivity index is 1.66. The lowest BCUT2D eigenvalue weighted by atomic mass is 9.98. The summed E-state index contributed by atoms with van der Waals surface area (Å²) < 4.78 is 0.